The summed E-state index contributed by atoms with van der Waals surface area (Å²) < 4.78 is 24.8. The Hall–Kier alpha value is -0.220. The smallest absolute Gasteiger partial charge is 0.241 e. The standard InChI is InChI=1S/C11H19F2NO/c12-11(13)7-1-3-8(4-2-7)14-9-5-6-10(9)15/h7-11,14-15H,1-6H2/t7?,8?,9-,10-/m1/s1. The van der Waals surface area contributed by atoms with Gasteiger partial charge < -0.3 is 10.4 Å². The first-order valence-corrected chi connectivity index (χ1v) is 5.89. The molecule has 15 heavy (non-hydrogen) atoms. The van der Waals surface area contributed by atoms with Crippen LogP contribution in [-0.4, -0.2) is 29.7 Å². The summed E-state index contributed by atoms with van der Waals surface area (Å²) in [6.07, 6.45) is 2.45. The lowest BCUT2D eigenvalue weighted by Crippen LogP contribution is -2.52. The highest BCUT2D eigenvalue weighted by atomic mass is 19.3. The molecular weight excluding hydrogens is 200 g/mol. The molecule has 2 N–H and O–H groups in total. The van der Waals surface area contributed by atoms with Gasteiger partial charge in [-0.05, 0) is 38.5 Å². The maximum atomic E-state index is 12.4. The summed E-state index contributed by atoms with van der Waals surface area (Å²) in [6.45, 7) is 0. The van der Waals surface area contributed by atoms with Crippen LogP contribution in [0.4, 0.5) is 8.78 Å². The Kier molecular flexibility index (Phi) is 3.57. The molecule has 0 aromatic heterocycles. The van der Waals surface area contributed by atoms with Gasteiger partial charge in [0.05, 0.1) is 6.10 Å². The zero-order valence-corrected chi connectivity index (χ0v) is 8.83. The van der Waals surface area contributed by atoms with Gasteiger partial charge >= 0.3 is 0 Å². The Balaban J connectivity index is 1.69. The lowest BCUT2D eigenvalue weighted by atomic mass is 9.83. The first kappa shape index (κ1) is 11.3. The number of rotatable bonds is 3. The third-order valence-electron chi connectivity index (χ3n) is 3.82. The second-order valence-corrected chi connectivity index (χ2v) is 4.86. The van der Waals surface area contributed by atoms with Gasteiger partial charge in [0.15, 0.2) is 0 Å². The first-order valence-electron chi connectivity index (χ1n) is 5.89. The Labute approximate surface area is 89.1 Å². The number of hydrogen-bond acceptors (Lipinski definition) is 2. The minimum atomic E-state index is -2.15. The van der Waals surface area contributed by atoms with Crippen LogP contribution in [0.25, 0.3) is 0 Å². The summed E-state index contributed by atoms with van der Waals surface area (Å²) in [6, 6.07) is 0.568. The van der Waals surface area contributed by atoms with E-state index < -0.39 is 12.3 Å². The van der Waals surface area contributed by atoms with E-state index in [1.807, 2.05) is 0 Å². The molecule has 0 bridgehead atoms. The van der Waals surface area contributed by atoms with E-state index in [4.69, 9.17) is 0 Å². The Morgan fingerprint density at radius 3 is 2.07 bits per heavy atom. The van der Waals surface area contributed by atoms with Crippen LogP contribution in [0.2, 0.25) is 0 Å². The van der Waals surface area contributed by atoms with Gasteiger partial charge in [-0.15, -0.1) is 0 Å². The van der Waals surface area contributed by atoms with Crippen LogP contribution in [0.5, 0.6) is 0 Å². The predicted molar refractivity (Wildman–Crippen MR) is 53.9 cm³/mol. The molecule has 0 amide bonds. The number of aliphatic hydroxyl groups is 1. The molecule has 0 radical (unpaired) electrons. The van der Waals surface area contributed by atoms with Gasteiger partial charge in [0, 0.05) is 18.0 Å². The molecule has 0 aromatic carbocycles. The maximum Gasteiger partial charge on any atom is 0.241 e. The fraction of sp³-hybridized carbons (Fsp3) is 1.00. The van der Waals surface area contributed by atoms with Gasteiger partial charge in [0.2, 0.25) is 6.43 Å². The summed E-state index contributed by atoms with van der Waals surface area (Å²) in [4.78, 5) is 0. The van der Waals surface area contributed by atoms with E-state index in [1.54, 1.807) is 0 Å². The molecule has 2 aliphatic rings. The Morgan fingerprint density at radius 1 is 1.00 bits per heavy atom. The van der Waals surface area contributed by atoms with Crippen molar-refractivity contribution in [1.82, 2.24) is 5.32 Å². The van der Waals surface area contributed by atoms with Crippen LogP contribution in [0, 0.1) is 5.92 Å². The highest BCUT2D eigenvalue weighted by Gasteiger charge is 2.33. The molecule has 0 spiro atoms. The van der Waals surface area contributed by atoms with E-state index in [0.717, 1.165) is 25.7 Å². The van der Waals surface area contributed by atoms with Crippen LogP contribution < -0.4 is 5.32 Å². The average Bonchev–Trinajstić information content (AvgIpc) is 2.24. The number of nitrogens with one attached hydrogen (secondary N) is 1. The molecule has 0 saturated heterocycles. The van der Waals surface area contributed by atoms with Crippen LogP contribution in [0.3, 0.4) is 0 Å². The second kappa shape index (κ2) is 4.74. The van der Waals surface area contributed by atoms with Crippen molar-refractivity contribution >= 4 is 0 Å². The molecule has 0 unspecified atom stereocenters. The van der Waals surface area contributed by atoms with Crippen molar-refractivity contribution in [2.75, 3.05) is 0 Å². The third kappa shape index (κ3) is 2.67. The topological polar surface area (TPSA) is 32.3 Å². The molecule has 0 aromatic rings. The van der Waals surface area contributed by atoms with Crippen LogP contribution >= 0.6 is 0 Å². The molecular formula is C11H19F2NO. The van der Waals surface area contributed by atoms with Crippen LogP contribution in [0.15, 0.2) is 0 Å². The third-order valence-corrected chi connectivity index (χ3v) is 3.82. The summed E-state index contributed by atoms with van der Waals surface area (Å²) in [5, 5.41) is 12.8. The zero-order valence-electron chi connectivity index (χ0n) is 8.83. The summed E-state index contributed by atoms with van der Waals surface area (Å²) in [5.74, 6) is -0.394. The molecule has 0 aliphatic heterocycles. The van der Waals surface area contributed by atoms with Crippen molar-refractivity contribution in [2.45, 2.75) is 63.1 Å². The van der Waals surface area contributed by atoms with Gasteiger partial charge in [-0.25, -0.2) is 8.78 Å². The quantitative estimate of drug-likeness (QED) is 0.760. The van der Waals surface area contributed by atoms with E-state index in [2.05, 4.69) is 5.32 Å². The van der Waals surface area contributed by atoms with Crippen molar-refractivity contribution in [2.24, 2.45) is 5.92 Å². The summed E-state index contributed by atoms with van der Waals surface area (Å²) in [7, 11) is 0. The highest BCUT2D eigenvalue weighted by Crippen LogP contribution is 2.30. The van der Waals surface area contributed by atoms with E-state index in [-0.39, 0.29) is 12.1 Å². The molecule has 2 rings (SSSR count). The zero-order chi connectivity index (χ0) is 10.8. The van der Waals surface area contributed by atoms with Crippen molar-refractivity contribution in [1.29, 1.82) is 0 Å². The predicted octanol–water partition coefficient (Wildman–Crippen LogP) is 1.92. The van der Waals surface area contributed by atoms with Crippen LogP contribution in [-0.2, 0) is 0 Å². The number of halogens is 2. The monoisotopic (exact) mass is 219 g/mol. The van der Waals surface area contributed by atoms with Crippen molar-refractivity contribution in [3.8, 4) is 0 Å². The average molecular weight is 219 g/mol. The fourth-order valence-electron chi connectivity index (χ4n) is 2.52. The lowest BCUT2D eigenvalue weighted by Gasteiger charge is -2.38. The summed E-state index contributed by atoms with van der Waals surface area (Å²) in [5.41, 5.74) is 0. The van der Waals surface area contributed by atoms with E-state index in [1.165, 1.54) is 0 Å². The Bertz CT molecular complexity index is 205. The second-order valence-electron chi connectivity index (χ2n) is 4.86. The normalized spacial score (nSPS) is 41.6. The molecule has 88 valence electrons. The molecule has 2 fully saturated rings. The number of alkyl halides is 2. The number of aliphatic hydroxyl groups excluding tert-OH is 1. The van der Waals surface area contributed by atoms with Gasteiger partial charge in [-0.2, -0.15) is 0 Å². The van der Waals surface area contributed by atoms with Crippen LogP contribution in [0.1, 0.15) is 38.5 Å². The molecule has 4 heteroatoms. The lowest BCUT2D eigenvalue weighted by molar-refractivity contribution is 0.0256. The maximum absolute atomic E-state index is 12.4. The van der Waals surface area contributed by atoms with E-state index in [9.17, 15) is 13.9 Å². The number of hydrogen-bond donors (Lipinski definition) is 2. The highest BCUT2D eigenvalue weighted by molar-refractivity contribution is 4.90. The Morgan fingerprint density at radius 2 is 1.67 bits per heavy atom. The van der Waals surface area contributed by atoms with Crippen molar-refractivity contribution in [3.05, 3.63) is 0 Å². The molecule has 2 nitrogen and oxygen atoms in total. The minimum Gasteiger partial charge on any atom is -0.392 e. The van der Waals surface area contributed by atoms with Crippen molar-refractivity contribution in [3.63, 3.8) is 0 Å². The molecule has 2 aliphatic carbocycles. The largest absolute Gasteiger partial charge is 0.392 e. The minimum absolute atomic E-state index is 0.210. The van der Waals surface area contributed by atoms with Crippen molar-refractivity contribution < 1.29 is 13.9 Å². The molecule has 2 atom stereocenters. The van der Waals surface area contributed by atoms with Gasteiger partial charge in [0.1, 0.15) is 0 Å². The summed E-state index contributed by atoms with van der Waals surface area (Å²) >= 11 is 0. The molecule has 2 saturated carbocycles. The van der Waals surface area contributed by atoms with Gasteiger partial charge in [-0.1, -0.05) is 0 Å². The fourth-order valence-corrected chi connectivity index (χ4v) is 2.52. The molecule has 0 heterocycles. The van der Waals surface area contributed by atoms with E-state index >= 15 is 0 Å². The first-order chi connectivity index (χ1) is 7.16. The SMILES string of the molecule is O[C@@H]1CC[C@H]1NC1CCC(C(F)F)CC1. The van der Waals surface area contributed by atoms with Gasteiger partial charge in [-0.3, -0.25) is 0 Å². The van der Waals surface area contributed by atoms with E-state index in [0.29, 0.717) is 18.9 Å². The van der Waals surface area contributed by atoms with Gasteiger partial charge in [0.25, 0.3) is 0 Å².